The van der Waals surface area contributed by atoms with Crippen LogP contribution in [-0.4, -0.2) is 0 Å². The molecule has 0 fully saturated rings. The molecule has 0 amide bonds. The van der Waals surface area contributed by atoms with Gasteiger partial charge < -0.3 is 9.64 Å². The van der Waals surface area contributed by atoms with E-state index >= 15 is 0 Å². The van der Waals surface area contributed by atoms with Crippen molar-refractivity contribution >= 4 is 17.1 Å². The van der Waals surface area contributed by atoms with Crippen molar-refractivity contribution in [3.63, 3.8) is 0 Å². The number of anilines is 3. The van der Waals surface area contributed by atoms with Crippen molar-refractivity contribution in [1.29, 1.82) is 0 Å². The first-order chi connectivity index (χ1) is 39.6. The summed E-state index contributed by atoms with van der Waals surface area (Å²) in [5, 5.41) is 0. The van der Waals surface area contributed by atoms with E-state index in [2.05, 4.69) is 325 Å². The highest BCUT2D eigenvalue weighted by Gasteiger charge is 2.48. The summed E-state index contributed by atoms with van der Waals surface area (Å²) < 4.78 is 6.67. The Morgan fingerprint density at radius 3 is 1.31 bits per heavy atom. The molecule has 81 heavy (non-hydrogen) atoms. The van der Waals surface area contributed by atoms with Crippen LogP contribution in [0.5, 0.6) is 11.5 Å². The molecule has 11 aromatic rings. The van der Waals surface area contributed by atoms with Crippen molar-refractivity contribution < 1.29 is 4.74 Å². The number of benzene rings is 11. The van der Waals surface area contributed by atoms with Crippen LogP contribution in [0.15, 0.2) is 286 Å². The van der Waals surface area contributed by atoms with Crippen LogP contribution < -0.4 is 9.64 Å². The van der Waals surface area contributed by atoms with Gasteiger partial charge in [0.25, 0.3) is 0 Å². The summed E-state index contributed by atoms with van der Waals surface area (Å²) in [5.41, 5.74) is 21.9. The Balaban J connectivity index is 0.965. The van der Waals surface area contributed by atoms with Gasteiger partial charge in [0, 0.05) is 17.1 Å². The second kappa shape index (κ2) is 20.8. The van der Waals surface area contributed by atoms with Crippen LogP contribution in [0.3, 0.4) is 0 Å². The Morgan fingerprint density at radius 1 is 0.420 bits per heavy atom. The Hall–Kier alpha value is -9.24. The lowest BCUT2D eigenvalue weighted by Crippen LogP contribution is -2.29. The highest BCUT2D eigenvalue weighted by molar-refractivity contribution is 5.92. The Morgan fingerprint density at radius 2 is 0.815 bits per heavy atom. The quantitative estimate of drug-likeness (QED) is 0.0949. The Kier molecular flexibility index (Phi) is 13.1. The maximum Gasteiger partial charge on any atom is 0.127 e. The van der Waals surface area contributed by atoms with Gasteiger partial charge in [0.15, 0.2) is 0 Å². The molecule has 0 aliphatic heterocycles. The number of hydrogen-bond acceptors (Lipinski definition) is 2. The third kappa shape index (κ3) is 8.73. The minimum atomic E-state index is -0.665. The maximum atomic E-state index is 6.67. The van der Waals surface area contributed by atoms with E-state index in [-0.39, 0.29) is 5.41 Å². The van der Waals surface area contributed by atoms with Crippen LogP contribution in [0.1, 0.15) is 95.7 Å². The van der Waals surface area contributed by atoms with Crippen molar-refractivity contribution in [1.82, 2.24) is 0 Å². The fourth-order valence-electron chi connectivity index (χ4n) is 13.4. The molecule has 2 nitrogen and oxygen atoms in total. The van der Waals surface area contributed by atoms with Crippen molar-refractivity contribution in [3.8, 4) is 44.9 Å². The molecule has 0 saturated heterocycles. The monoisotopic (exact) mass is 1050 g/mol. The van der Waals surface area contributed by atoms with Gasteiger partial charge in [0.2, 0.25) is 0 Å². The summed E-state index contributed by atoms with van der Waals surface area (Å²) in [6, 6.07) is 101. The molecule has 3 atom stereocenters. The highest BCUT2D eigenvalue weighted by Crippen LogP contribution is 2.60. The lowest BCUT2D eigenvalue weighted by atomic mass is 9.67. The molecule has 0 N–H and O–H groups in total. The molecular weight excluding hydrogens is 979 g/mol. The van der Waals surface area contributed by atoms with E-state index < -0.39 is 10.8 Å². The molecule has 0 radical (unpaired) electrons. The molecule has 11 aromatic carbocycles. The topological polar surface area (TPSA) is 12.5 Å². The molecule has 0 saturated carbocycles. The summed E-state index contributed by atoms with van der Waals surface area (Å²) in [7, 11) is 0. The van der Waals surface area contributed by atoms with E-state index in [1.54, 1.807) is 0 Å². The van der Waals surface area contributed by atoms with Gasteiger partial charge in [-0.1, -0.05) is 252 Å². The highest BCUT2D eigenvalue weighted by atomic mass is 16.5. The number of ether oxygens (including phenoxy) is 1. The SMILES string of the molecule is C=CC(C)(C)[C@@H](C)CC(C)c1ccc(Oc2ccc(C3(c4ccc(C)cc4)c4ccccc4-c4ccc(N(c5ccc(-c6ccccc6)cc5)c5ccc6c(c5)C(c5ccccc5)(c5ccccc5)c5ccccc5-6)cc43)cc2)cc1. The molecule has 0 aromatic heterocycles. The number of aryl methyl sites for hydroxylation is 1. The predicted molar refractivity (Wildman–Crippen MR) is 339 cm³/mol. The molecule has 0 heterocycles. The fraction of sp³-hybridized carbons (Fsp3) is 0.139. The third-order valence-corrected chi connectivity index (χ3v) is 18.2. The number of hydrogen-bond donors (Lipinski definition) is 0. The second-order valence-electron chi connectivity index (χ2n) is 23.2. The first-order valence-corrected chi connectivity index (χ1v) is 28.7. The second-order valence-corrected chi connectivity index (χ2v) is 23.2. The van der Waals surface area contributed by atoms with E-state index in [9.17, 15) is 0 Å². The molecular formula is C79H67NO. The van der Waals surface area contributed by atoms with Gasteiger partial charge in [-0.15, -0.1) is 6.58 Å². The summed E-state index contributed by atoms with van der Waals surface area (Å²) in [5.74, 6) is 2.55. The standard InChI is InChI=1S/C79H67NO/c1-7-77(5,6)56(4)51-55(3)57-35-45-67(46-36-57)81-68-47-39-63(40-48-68)79(62-37-31-54(2)32-38-62)74-30-20-18-28-70(74)72-50-44-66(53-76(72)79)80(64-41-33-59(34-42-64)58-21-11-8-12-22-58)65-43-49-71-69-27-17-19-29-73(69)78(75(71)52-65,60-23-13-9-14-24-60)61-25-15-10-16-26-61/h7-50,52-53,55-56H,1,51H2,2-6H3/t55?,56-,79?/m0/s1. The third-order valence-electron chi connectivity index (χ3n) is 18.2. The zero-order chi connectivity index (χ0) is 55.3. The van der Waals surface area contributed by atoms with Crippen molar-refractivity contribution in [2.24, 2.45) is 11.3 Å². The molecule has 0 bridgehead atoms. The Bertz CT molecular complexity index is 4010. The zero-order valence-electron chi connectivity index (χ0n) is 47.0. The normalized spacial score (nSPS) is 15.4. The van der Waals surface area contributed by atoms with Crippen LogP contribution in [0.2, 0.25) is 0 Å². The predicted octanol–water partition coefficient (Wildman–Crippen LogP) is 21.0. The average Bonchev–Trinajstić information content (AvgIpc) is 2.92. The van der Waals surface area contributed by atoms with E-state index in [4.69, 9.17) is 4.74 Å². The van der Waals surface area contributed by atoms with E-state index in [0.717, 1.165) is 35.0 Å². The summed E-state index contributed by atoms with van der Waals surface area (Å²) in [6.07, 6.45) is 3.18. The summed E-state index contributed by atoms with van der Waals surface area (Å²) in [6.45, 7) is 15.5. The van der Waals surface area contributed by atoms with Gasteiger partial charge in [0.05, 0.1) is 10.8 Å². The van der Waals surface area contributed by atoms with Crippen LogP contribution in [0, 0.1) is 18.3 Å². The van der Waals surface area contributed by atoms with Gasteiger partial charge in [0.1, 0.15) is 11.5 Å². The van der Waals surface area contributed by atoms with Crippen molar-refractivity contribution in [2.45, 2.75) is 57.8 Å². The largest absolute Gasteiger partial charge is 0.457 e. The van der Waals surface area contributed by atoms with E-state index in [1.807, 2.05) is 0 Å². The van der Waals surface area contributed by atoms with Gasteiger partial charge in [-0.05, 0) is 175 Å². The van der Waals surface area contributed by atoms with E-state index in [0.29, 0.717) is 11.8 Å². The molecule has 2 aliphatic carbocycles. The van der Waals surface area contributed by atoms with Crippen molar-refractivity contribution in [2.75, 3.05) is 4.90 Å². The minimum absolute atomic E-state index is 0.0831. The lowest BCUT2D eigenvalue weighted by Gasteiger charge is -2.36. The molecule has 0 spiro atoms. The lowest BCUT2D eigenvalue weighted by molar-refractivity contribution is 0.276. The first-order valence-electron chi connectivity index (χ1n) is 28.7. The zero-order valence-corrected chi connectivity index (χ0v) is 47.0. The van der Waals surface area contributed by atoms with Crippen LogP contribution >= 0.6 is 0 Å². The molecule has 2 unspecified atom stereocenters. The number of fused-ring (bicyclic) bond motifs is 6. The van der Waals surface area contributed by atoms with Gasteiger partial charge in [-0.2, -0.15) is 0 Å². The smallest absolute Gasteiger partial charge is 0.127 e. The minimum Gasteiger partial charge on any atom is -0.457 e. The Labute approximate surface area is 479 Å². The van der Waals surface area contributed by atoms with Crippen molar-refractivity contribution in [3.05, 3.63) is 341 Å². The van der Waals surface area contributed by atoms with Gasteiger partial charge >= 0.3 is 0 Å². The fourth-order valence-corrected chi connectivity index (χ4v) is 13.4. The van der Waals surface area contributed by atoms with E-state index in [1.165, 1.54) is 89.0 Å². The average molecular weight is 1050 g/mol. The number of allylic oxidation sites excluding steroid dienone is 1. The molecule has 13 rings (SSSR count). The first kappa shape index (κ1) is 51.2. The summed E-state index contributed by atoms with van der Waals surface area (Å²) >= 11 is 0. The number of nitrogens with zero attached hydrogens (tertiary/aromatic N) is 1. The van der Waals surface area contributed by atoms with Gasteiger partial charge in [-0.3, -0.25) is 0 Å². The molecule has 2 heteroatoms. The molecule has 2 aliphatic rings. The summed E-state index contributed by atoms with van der Waals surface area (Å²) in [4.78, 5) is 2.48. The van der Waals surface area contributed by atoms with Gasteiger partial charge in [-0.25, -0.2) is 0 Å². The maximum absolute atomic E-state index is 6.67. The number of rotatable bonds is 15. The van der Waals surface area contributed by atoms with Crippen LogP contribution in [0.25, 0.3) is 33.4 Å². The molecule has 394 valence electrons. The van der Waals surface area contributed by atoms with Crippen LogP contribution in [0.4, 0.5) is 17.1 Å². The van der Waals surface area contributed by atoms with Crippen LogP contribution in [-0.2, 0) is 10.8 Å².